The Morgan fingerprint density at radius 3 is 1.78 bits per heavy atom. The Morgan fingerprint density at radius 2 is 1.25 bits per heavy atom. The Hall–Kier alpha value is -3.79. The van der Waals surface area contributed by atoms with Crippen LogP contribution in [0.3, 0.4) is 0 Å². The molecule has 0 radical (unpaired) electrons. The Balaban J connectivity index is 2.88. The number of carbonyl (C=O) groups is 7. The molecule has 1 unspecified atom stereocenters. The standard InChI is InChI=1S/C43H79N7O9/c1-9-10-11-12-13-14-15-16-17-18-19-20-37(54)49-43(7,8)42(59)50-26-32(52)25-35(50)41(58)48-34(24-29(4)5)40(57)45-30(6)38(55)47-33(21-22-36(44)53)39(56)46-31(27-51)23-28(2)3/h28-35,51-52H,9-27H2,1-8H3,(H2,44,53)(H,45,57)(H,46,56)(H,47,55)(H,48,58)(H,49,54)/t30-,31-,32-,33-,34-,35?/m0/s1. The molecule has 0 spiro atoms. The molecule has 7 amide bonds. The van der Waals surface area contributed by atoms with Crippen molar-refractivity contribution in [2.24, 2.45) is 17.6 Å². The van der Waals surface area contributed by atoms with Crippen LogP contribution in [0.4, 0.5) is 0 Å². The van der Waals surface area contributed by atoms with Crippen molar-refractivity contribution in [3.05, 3.63) is 0 Å². The molecule has 16 heteroatoms. The summed E-state index contributed by atoms with van der Waals surface area (Å²) in [5.74, 6) is -4.11. The van der Waals surface area contributed by atoms with Crippen LogP contribution < -0.4 is 32.3 Å². The summed E-state index contributed by atoms with van der Waals surface area (Å²) < 4.78 is 0. The van der Waals surface area contributed by atoms with Gasteiger partial charge in [-0.3, -0.25) is 33.6 Å². The monoisotopic (exact) mass is 838 g/mol. The first kappa shape index (κ1) is 53.2. The molecule has 59 heavy (non-hydrogen) atoms. The first-order valence-corrected chi connectivity index (χ1v) is 22.1. The molecule has 1 rings (SSSR count). The molecule has 340 valence electrons. The molecule has 6 atom stereocenters. The number of aliphatic hydroxyl groups excluding tert-OH is 2. The van der Waals surface area contributed by atoms with Gasteiger partial charge in [0.15, 0.2) is 0 Å². The molecular weight excluding hydrogens is 759 g/mol. The number of hydrogen-bond donors (Lipinski definition) is 8. The second-order valence-corrected chi connectivity index (χ2v) is 17.8. The lowest BCUT2D eigenvalue weighted by Crippen LogP contribution is -2.60. The number of aliphatic hydroxyl groups is 2. The van der Waals surface area contributed by atoms with Gasteiger partial charge < -0.3 is 47.4 Å². The molecule has 0 bridgehead atoms. The summed E-state index contributed by atoms with van der Waals surface area (Å²) in [6, 6.07) is -5.18. The van der Waals surface area contributed by atoms with Crippen LogP contribution in [0.1, 0.15) is 165 Å². The highest BCUT2D eigenvalue weighted by atomic mass is 16.3. The number of nitrogens with zero attached hydrogens (tertiary/aromatic N) is 1. The van der Waals surface area contributed by atoms with Crippen LogP contribution in [0.15, 0.2) is 0 Å². The first-order chi connectivity index (χ1) is 27.7. The van der Waals surface area contributed by atoms with E-state index in [0.717, 1.165) is 19.3 Å². The Kier molecular flexibility index (Phi) is 25.1. The van der Waals surface area contributed by atoms with Crippen LogP contribution >= 0.6 is 0 Å². The number of amides is 7. The maximum Gasteiger partial charge on any atom is 0.248 e. The van der Waals surface area contributed by atoms with E-state index in [-0.39, 0.29) is 63.0 Å². The summed E-state index contributed by atoms with van der Waals surface area (Å²) in [6.07, 6.45) is 12.2. The molecule has 1 fully saturated rings. The van der Waals surface area contributed by atoms with Crippen molar-refractivity contribution in [2.75, 3.05) is 13.2 Å². The minimum atomic E-state index is -1.37. The third-order valence-electron chi connectivity index (χ3n) is 10.6. The molecule has 0 aromatic heterocycles. The molecule has 1 aliphatic rings. The fraction of sp³-hybridized carbons (Fsp3) is 0.837. The van der Waals surface area contributed by atoms with Crippen LogP contribution in [0.2, 0.25) is 0 Å². The van der Waals surface area contributed by atoms with Gasteiger partial charge in [-0.1, -0.05) is 98.8 Å². The maximum absolute atomic E-state index is 13.8. The van der Waals surface area contributed by atoms with Gasteiger partial charge in [-0.25, -0.2) is 0 Å². The van der Waals surface area contributed by atoms with Crippen molar-refractivity contribution < 1.29 is 43.8 Å². The van der Waals surface area contributed by atoms with Crippen molar-refractivity contribution in [3.63, 3.8) is 0 Å². The summed E-state index contributed by atoms with van der Waals surface area (Å²) in [5, 5.41) is 33.7. The van der Waals surface area contributed by atoms with E-state index in [1.54, 1.807) is 13.8 Å². The van der Waals surface area contributed by atoms with Crippen molar-refractivity contribution in [2.45, 2.75) is 206 Å². The van der Waals surface area contributed by atoms with E-state index in [1.165, 1.54) is 56.8 Å². The van der Waals surface area contributed by atoms with E-state index in [4.69, 9.17) is 5.73 Å². The van der Waals surface area contributed by atoms with E-state index in [9.17, 15) is 43.8 Å². The van der Waals surface area contributed by atoms with Gasteiger partial charge in [-0.2, -0.15) is 0 Å². The first-order valence-electron chi connectivity index (χ1n) is 22.1. The topological polar surface area (TPSA) is 249 Å². The van der Waals surface area contributed by atoms with Gasteiger partial charge >= 0.3 is 0 Å². The largest absolute Gasteiger partial charge is 0.394 e. The average molecular weight is 838 g/mol. The zero-order chi connectivity index (χ0) is 44.7. The fourth-order valence-corrected chi connectivity index (χ4v) is 7.31. The molecule has 0 aliphatic carbocycles. The zero-order valence-corrected chi connectivity index (χ0v) is 37.3. The number of β-amino-alcohol motifs (C(OH)–C–C–N with tert-alkyl or cyclic N) is 1. The summed E-state index contributed by atoms with van der Waals surface area (Å²) >= 11 is 0. The summed E-state index contributed by atoms with van der Waals surface area (Å²) in [4.78, 5) is 93.2. The lowest BCUT2D eigenvalue weighted by molar-refractivity contribution is -0.145. The van der Waals surface area contributed by atoms with E-state index >= 15 is 0 Å². The van der Waals surface area contributed by atoms with Crippen LogP contribution in [0.25, 0.3) is 0 Å². The lowest BCUT2D eigenvalue weighted by atomic mass is 10.0. The predicted octanol–water partition coefficient (Wildman–Crippen LogP) is 2.85. The third kappa shape index (κ3) is 21.3. The Bertz CT molecular complexity index is 1340. The molecule has 1 saturated heterocycles. The number of nitrogens with one attached hydrogen (secondary N) is 5. The quantitative estimate of drug-likeness (QED) is 0.0495. The van der Waals surface area contributed by atoms with E-state index in [2.05, 4.69) is 33.5 Å². The van der Waals surface area contributed by atoms with Crippen molar-refractivity contribution in [1.29, 1.82) is 0 Å². The highest BCUT2D eigenvalue weighted by Crippen LogP contribution is 2.23. The smallest absolute Gasteiger partial charge is 0.248 e. The van der Waals surface area contributed by atoms with Gasteiger partial charge in [0.05, 0.1) is 18.8 Å². The number of primary amides is 1. The van der Waals surface area contributed by atoms with Crippen LogP contribution in [0, 0.1) is 11.8 Å². The van der Waals surface area contributed by atoms with Crippen molar-refractivity contribution in [3.8, 4) is 0 Å². The van der Waals surface area contributed by atoms with E-state index in [0.29, 0.717) is 12.8 Å². The molecule has 1 heterocycles. The molecular formula is C43H79N7O9. The normalized spacial score (nSPS) is 17.5. The number of likely N-dealkylation sites (tertiary alicyclic amines) is 1. The zero-order valence-electron chi connectivity index (χ0n) is 37.3. The van der Waals surface area contributed by atoms with Gasteiger partial charge in [0.2, 0.25) is 41.4 Å². The van der Waals surface area contributed by atoms with Crippen LogP contribution in [0.5, 0.6) is 0 Å². The van der Waals surface area contributed by atoms with Crippen LogP contribution in [-0.2, 0) is 33.6 Å². The highest BCUT2D eigenvalue weighted by molar-refractivity contribution is 5.97. The van der Waals surface area contributed by atoms with Crippen molar-refractivity contribution >= 4 is 41.4 Å². The second-order valence-electron chi connectivity index (χ2n) is 17.8. The summed E-state index contributed by atoms with van der Waals surface area (Å²) in [5.41, 5.74) is 3.93. The SMILES string of the molecule is CCCCCCCCCCCCCC(=O)NC(C)(C)C(=O)N1C[C@@H](O)CC1C(=O)N[C@@H](CC(C)C)C(=O)N[C@@H](C)C(=O)N[C@@H](CCC(N)=O)C(=O)N[C@H](CO)CC(C)C. The number of rotatable bonds is 30. The lowest BCUT2D eigenvalue weighted by Gasteiger charge is -2.33. The van der Waals surface area contributed by atoms with Crippen LogP contribution in [-0.4, -0.2) is 111 Å². The molecule has 0 aromatic carbocycles. The van der Waals surface area contributed by atoms with Gasteiger partial charge in [0.1, 0.15) is 29.7 Å². The molecule has 0 saturated carbocycles. The van der Waals surface area contributed by atoms with Gasteiger partial charge in [0.25, 0.3) is 0 Å². The van der Waals surface area contributed by atoms with Crippen molar-refractivity contribution in [1.82, 2.24) is 31.5 Å². The van der Waals surface area contributed by atoms with Gasteiger partial charge in [0, 0.05) is 25.8 Å². The molecule has 0 aromatic rings. The summed E-state index contributed by atoms with van der Waals surface area (Å²) in [7, 11) is 0. The minimum absolute atomic E-state index is 0.0712. The number of unbranched alkanes of at least 4 members (excludes halogenated alkanes) is 10. The number of nitrogens with two attached hydrogens (primary N) is 1. The van der Waals surface area contributed by atoms with Gasteiger partial charge in [-0.15, -0.1) is 0 Å². The Labute approximate surface area is 353 Å². The van der Waals surface area contributed by atoms with Gasteiger partial charge in [-0.05, 0) is 58.3 Å². The Morgan fingerprint density at radius 1 is 0.712 bits per heavy atom. The molecule has 1 aliphatic heterocycles. The maximum atomic E-state index is 13.8. The average Bonchev–Trinajstić information content (AvgIpc) is 3.54. The number of carbonyl (C=O) groups excluding carboxylic acids is 7. The van der Waals surface area contributed by atoms with E-state index in [1.807, 2.05) is 27.7 Å². The minimum Gasteiger partial charge on any atom is -0.394 e. The fourth-order valence-electron chi connectivity index (χ4n) is 7.31. The molecule has 9 N–H and O–H groups in total. The second kappa shape index (κ2) is 27.9. The highest BCUT2D eigenvalue weighted by Gasteiger charge is 2.45. The summed E-state index contributed by atoms with van der Waals surface area (Å²) in [6.45, 7) is 13.8. The molecule has 16 nitrogen and oxygen atoms in total. The number of hydrogen-bond acceptors (Lipinski definition) is 9. The predicted molar refractivity (Wildman–Crippen MR) is 227 cm³/mol. The van der Waals surface area contributed by atoms with E-state index < -0.39 is 77.3 Å². The third-order valence-corrected chi connectivity index (χ3v) is 10.6.